The molecule has 1 aliphatic carbocycles. The molecule has 2 heterocycles. The van der Waals surface area contributed by atoms with Gasteiger partial charge in [0, 0.05) is 19.1 Å². The molecule has 122 valence electrons. The standard InChI is InChI=1S/C18H28N2OS/c21-18(11-16-8-10-22-14-16)19-17-7-4-9-20(13-17)12-15-5-2-1-3-6-15/h8,10,14-15,17H,1-7,9,11-13H2,(H,19,21). The second-order valence-corrected chi connectivity index (χ2v) is 7.76. The number of hydrogen-bond acceptors (Lipinski definition) is 3. The predicted molar refractivity (Wildman–Crippen MR) is 92.2 cm³/mol. The van der Waals surface area contributed by atoms with Crippen LogP contribution in [0.4, 0.5) is 0 Å². The van der Waals surface area contributed by atoms with Gasteiger partial charge in [0.1, 0.15) is 0 Å². The first-order valence-corrected chi connectivity index (χ1v) is 9.76. The normalized spacial score (nSPS) is 24.3. The van der Waals surface area contributed by atoms with E-state index in [2.05, 4.69) is 15.6 Å². The Labute approximate surface area is 138 Å². The van der Waals surface area contributed by atoms with Gasteiger partial charge in [-0.1, -0.05) is 19.3 Å². The molecule has 2 fully saturated rings. The minimum absolute atomic E-state index is 0.183. The van der Waals surface area contributed by atoms with Crippen LogP contribution in [-0.2, 0) is 11.2 Å². The molecule has 1 aromatic rings. The number of nitrogens with one attached hydrogen (secondary N) is 1. The van der Waals surface area contributed by atoms with E-state index in [0.717, 1.165) is 24.4 Å². The number of carbonyl (C=O) groups is 1. The van der Waals surface area contributed by atoms with E-state index in [1.807, 2.05) is 11.4 Å². The molecule has 0 spiro atoms. The first-order valence-electron chi connectivity index (χ1n) is 8.82. The fourth-order valence-electron chi connectivity index (χ4n) is 3.93. The molecule has 1 saturated heterocycles. The summed E-state index contributed by atoms with van der Waals surface area (Å²) in [6.45, 7) is 3.51. The Bertz CT molecular complexity index is 454. The molecule has 1 aliphatic heterocycles. The van der Waals surface area contributed by atoms with Gasteiger partial charge in [0.05, 0.1) is 6.42 Å². The zero-order chi connectivity index (χ0) is 15.2. The monoisotopic (exact) mass is 320 g/mol. The van der Waals surface area contributed by atoms with Gasteiger partial charge in [0.15, 0.2) is 0 Å². The highest BCUT2D eigenvalue weighted by Gasteiger charge is 2.24. The Hall–Kier alpha value is -0.870. The van der Waals surface area contributed by atoms with Crippen molar-refractivity contribution in [1.82, 2.24) is 10.2 Å². The molecule has 4 heteroatoms. The third-order valence-electron chi connectivity index (χ3n) is 5.06. The minimum Gasteiger partial charge on any atom is -0.352 e. The fraction of sp³-hybridized carbons (Fsp3) is 0.722. The molecule has 1 unspecified atom stereocenters. The van der Waals surface area contributed by atoms with Gasteiger partial charge in [0.25, 0.3) is 0 Å². The molecule has 1 saturated carbocycles. The van der Waals surface area contributed by atoms with Gasteiger partial charge in [-0.2, -0.15) is 11.3 Å². The number of likely N-dealkylation sites (tertiary alicyclic amines) is 1. The number of carbonyl (C=O) groups excluding carboxylic acids is 1. The molecule has 22 heavy (non-hydrogen) atoms. The first kappa shape index (κ1) is 16.0. The summed E-state index contributed by atoms with van der Waals surface area (Å²) in [5, 5.41) is 7.35. The lowest BCUT2D eigenvalue weighted by Gasteiger charge is -2.36. The van der Waals surface area contributed by atoms with Gasteiger partial charge < -0.3 is 10.2 Å². The largest absolute Gasteiger partial charge is 0.352 e. The summed E-state index contributed by atoms with van der Waals surface area (Å²) in [5.41, 5.74) is 1.14. The van der Waals surface area contributed by atoms with Gasteiger partial charge in [-0.05, 0) is 60.5 Å². The molecule has 3 rings (SSSR count). The molecule has 0 radical (unpaired) electrons. The summed E-state index contributed by atoms with van der Waals surface area (Å²) in [6.07, 6.45) is 9.96. The molecule has 3 nitrogen and oxygen atoms in total. The van der Waals surface area contributed by atoms with Crippen molar-refractivity contribution in [3.8, 4) is 0 Å². The molecule has 1 N–H and O–H groups in total. The quantitative estimate of drug-likeness (QED) is 0.901. The van der Waals surface area contributed by atoms with E-state index in [0.29, 0.717) is 12.5 Å². The number of piperidine rings is 1. The highest BCUT2D eigenvalue weighted by atomic mass is 32.1. The number of hydrogen-bond donors (Lipinski definition) is 1. The Kier molecular flexibility index (Phi) is 5.90. The third kappa shape index (κ3) is 4.82. The van der Waals surface area contributed by atoms with Crippen molar-refractivity contribution in [2.24, 2.45) is 5.92 Å². The topological polar surface area (TPSA) is 32.3 Å². The first-order chi connectivity index (χ1) is 10.8. The van der Waals surface area contributed by atoms with Crippen molar-refractivity contribution in [2.45, 2.75) is 57.4 Å². The molecule has 1 atom stereocenters. The average Bonchev–Trinajstić information content (AvgIpc) is 3.01. The Morgan fingerprint density at radius 3 is 2.86 bits per heavy atom. The number of nitrogens with zero attached hydrogens (tertiary/aromatic N) is 1. The van der Waals surface area contributed by atoms with E-state index in [1.165, 1.54) is 51.6 Å². The van der Waals surface area contributed by atoms with Gasteiger partial charge in [-0.15, -0.1) is 0 Å². The van der Waals surface area contributed by atoms with Crippen LogP contribution < -0.4 is 5.32 Å². The number of thiophene rings is 1. The summed E-state index contributed by atoms with van der Waals surface area (Å²) in [6, 6.07) is 2.39. The smallest absolute Gasteiger partial charge is 0.224 e. The maximum Gasteiger partial charge on any atom is 0.224 e. The highest BCUT2D eigenvalue weighted by Crippen LogP contribution is 2.25. The van der Waals surface area contributed by atoms with E-state index >= 15 is 0 Å². The van der Waals surface area contributed by atoms with Crippen molar-refractivity contribution in [3.63, 3.8) is 0 Å². The third-order valence-corrected chi connectivity index (χ3v) is 5.79. The molecule has 1 amide bonds. The zero-order valence-electron chi connectivity index (χ0n) is 13.4. The van der Waals surface area contributed by atoms with Crippen LogP contribution in [0.3, 0.4) is 0 Å². The van der Waals surface area contributed by atoms with Gasteiger partial charge >= 0.3 is 0 Å². The number of rotatable bonds is 5. The van der Waals surface area contributed by atoms with Crippen molar-refractivity contribution in [1.29, 1.82) is 0 Å². The van der Waals surface area contributed by atoms with E-state index in [1.54, 1.807) is 11.3 Å². The fourth-order valence-corrected chi connectivity index (χ4v) is 4.60. The van der Waals surface area contributed by atoms with E-state index in [4.69, 9.17) is 0 Å². The molecular formula is C18H28N2OS. The Morgan fingerprint density at radius 1 is 1.23 bits per heavy atom. The van der Waals surface area contributed by atoms with Crippen LogP contribution in [-0.4, -0.2) is 36.5 Å². The van der Waals surface area contributed by atoms with Crippen LogP contribution in [0.1, 0.15) is 50.5 Å². The Balaban J connectivity index is 1.42. The summed E-state index contributed by atoms with van der Waals surface area (Å²) in [5.74, 6) is 1.08. The zero-order valence-corrected chi connectivity index (χ0v) is 14.2. The summed E-state index contributed by atoms with van der Waals surface area (Å²) in [4.78, 5) is 14.7. The SMILES string of the molecule is O=C(Cc1ccsc1)NC1CCCN(CC2CCCCC2)C1. The molecule has 1 aromatic heterocycles. The molecule has 0 aromatic carbocycles. The number of amides is 1. The van der Waals surface area contributed by atoms with Gasteiger partial charge in [-0.3, -0.25) is 4.79 Å². The van der Waals surface area contributed by atoms with Crippen LogP contribution in [0.2, 0.25) is 0 Å². The lowest BCUT2D eigenvalue weighted by Crippen LogP contribution is -2.49. The lowest BCUT2D eigenvalue weighted by atomic mass is 9.88. The van der Waals surface area contributed by atoms with Crippen LogP contribution >= 0.6 is 11.3 Å². The van der Waals surface area contributed by atoms with Gasteiger partial charge in [0.2, 0.25) is 5.91 Å². The maximum atomic E-state index is 12.2. The van der Waals surface area contributed by atoms with Crippen LogP contribution in [0, 0.1) is 5.92 Å². The van der Waals surface area contributed by atoms with Crippen molar-refractivity contribution >= 4 is 17.2 Å². The van der Waals surface area contributed by atoms with Crippen LogP contribution in [0.15, 0.2) is 16.8 Å². The van der Waals surface area contributed by atoms with E-state index in [9.17, 15) is 4.79 Å². The molecule has 2 aliphatic rings. The molecule has 0 bridgehead atoms. The second kappa shape index (κ2) is 8.11. The summed E-state index contributed by atoms with van der Waals surface area (Å²) < 4.78 is 0. The van der Waals surface area contributed by atoms with Crippen molar-refractivity contribution in [3.05, 3.63) is 22.4 Å². The predicted octanol–water partition coefficient (Wildman–Crippen LogP) is 3.45. The van der Waals surface area contributed by atoms with Crippen molar-refractivity contribution in [2.75, 3.05) is 19.6 Å². The Morgan fingerprint density at radius 2 is 2.09 bits per heavy atom. The average molecular weight is 321 g/mol. The van der Waals surface area contributed by atoms with E-state index < -0.39 is 0 Å². The van der Waals surface area contributed by atoms with E-state index in [-0.39, 0.29) is 5.91 Å². The maximum absolute atomic E-state index is 12.2. The second-order valence-electron chi connectivity index (χ2n) is 6.98. The van der Waals surface area contributed by atoms with Crippen LogP contribution in [0.5, 0.6) is 0 Å². The summed E-state index contributed by atoms with van der Waals surface area (Å²) >= 11 is 1.66. The lowest BCUT2D eigenvalue weighted by molar-refractivity contribution is -0.121. The van der Waals surface area contributed by atoms with Crippen molar-refractivity contribution < 1.29 is 4.79 Å². The summed E-state index contributed by atoms with van der Waals surface area (Å²) in [7, 11) is 0. The molecular weight excluding hydrogens is 292 g/mol. The van der Waals surface area contributed by atoms with Crippen LogP contribution in [0.25, 0.3) is 0 Å². The minimum atomic E-state index is 0.183. The highest BCUT2D eigenvalue weighted by molar-refractivity contribution is 7.07. The van der Waals surface area contributed by atoms with Gasteiger partial charge in [-0.25, -0.2) is 0 Å².